The number of nitrogens with zero attached hydrogens (tertiary/aromatic N) is 3. The normalized spacial score (nSPS) is 11.2. The van der Waals surface area contributed by atoms with E-state index < -0.39 is 5.41 Å². The monoisotopic (exact) mass is 471 g/mol. The molecule has 4 rings (SSSR count). The Labute approximate surface area is 204 Å². The molecular weight excluding hydrogens is 442 g/mol. The summed E-state index contributed by atoms with van der Waals surface area (Å²) < 4.78 is 10.3. The molecule has 8 heteroatoms. The number of ether oxygens (including phenoxy) is 1. The van der Waals surface area contributed by atoms with E-state index in [0.717, 1.165) is 22.5 Å². The van der Waals surface area contributed by atoms with Crippen molar-refractivity contribution < 1.29 is 14.1 Å². The van der Waals surface area contributed by atoms with Gasteiger partial charge in [-0.1, -0.05) is 61.5 Å². The molecule has 2 N–H and O–H groups in total. The number of hydrogen-bond acceptors (Lipinski definition) is 8. The first-order valence-corrected chi connectivity index (χ1v) is 11.6. The molecule has 8 nitrogen and oxygen atoms in total. The Balaban J connectivity index is 1.65. The smallest absolute Gasteiger partial charge is 0.316 e. The quantitative estimate of drug-likeness (QED) is 0.280. The van der Waals surface area contributed by atoms with Gasteiger partial charge in [0, 0.05) is 23.4 Å². The van der Waals surface area contributed by atoms with E-state index in [-0.39, 0.29) is 5.97 Å². The molecule has 0 aliphatic rings. The van der Waals surface area contributed by atoms with Gasteiger partial charge in [0.15, 0.2) is 5.82 Å². The molecule has 0 saturated carbocycles. The molecule has 2 aromatic heterocycles. The van der Waals surface area contributed by atoms with Crippen molar-refractivity contribution in [2.75, 3.05) is 17.7 Å². The second-order valence-electron chi connectivity index (χ2n) is 8.26. The van der Waals surface area contributed by atoms with Gasteiger partial charge in [0.2, 0.25) is 5.95 Å². The molecule has 4 aromatic rings. The number of methoxy groups -OCH3 is 1. The number of hydrogen-bond donors (Lipinski definition) is 2. The van der Waals surface area contributed by atoms with Crippen molar-refractivity contribution in [2.24, 2.45) is 0 Å². The SMILES string of the molecule is CCC(CC)(C(=O)OC)c1ccc(Nc2nc(Nc3cc(C)on3)cc(-c3ccccc3)n2)cc1. The zero-order valence-electron chi connectivity index (χ0n) is 20.3. The Bertz CT molecular complexity index is 1280. The van der Waals surface area contributed by atoms with Gasteiger partial charge in [-0.3, -0.25) is 4.79 Å². The lowest BCUT2D eigenvalue weighted by Gasteiger charge is -2.29. The summed E-state index contributed by atoms with van der Waals surface area (Å²) >= 11 is 0. The number of benzene rings is 2. The minimum absolute atomic E-state index is 0.221. The van der Waals surface area contributed by atoms with Crippen LogP contribution in [0.2, 0.25) is 0 Å². The molecule has 0 fully saturated rings. The maximum absolute atomic E-state index is 12.6. The average Bonchev–Trinajstić information content (AvgIpc) is 3.30. The van der Waals surface area contributed by atoms with Crippen LogP contribution in [0.1, 0.15) is 38.0 Å². The Morgan fingerprint density at radius 1 is 0.943 bits per heavy atom. The summed E-state index contributed by atoms with van der Waals surface area (Å²) in [4.78, 5) is 21.9. The molecule has 0 aliphatic heterocycles. The minimum Gasteiger partial charge on any atom is -0.468 e. The third kappa shape index (κ3) is 5.16. The first kappa shape index (κ1) is 23.9. The Morgan fingerprint density at radius 2 is 1.66 bits per heavy atom. The van der Waals surface area contributed by atoms with Crippen molar-refractivity contribution in [3.05, 3.63) is 78.1 Å². The maximum atomic E-state index is 12.6. The zero-order chi connectivity index (χ0) is 24.8. The van der Waals surface area contributed by atoms with Gasteiger partial charge in [-0.25, -0.2) is 4.98 Å². The van der Waals surface area contributed by atoms with Gasteiger partial charge in [0.1, 0.15) is 11.6 Å². The third-order valence-corrected chi connectivity index (χ3v) is 6.16. The largest absolute Gasteiger partial charge is 0.468 e. The van der Waals surface area contributed by atoms with Crippen molar-refractivity contribution in [2.45, 2.75) is 39.0 Å². The summed E-state index contributed by atoms with van der Waals surface area (Å²) in [5.74, 6) is 2.04. The molecule has 0 atom stereocenters. The van der Waals surface area contributed by atoms with E-state index in [9.17, 15) is 4.79 Å². The number of rotatable bonds is 9. The highest BCUT2D eigenvalue weighted by Crippen LogP contribution is 2.34. The first-order valence-electron chi connectivity index (χ1n) is 11.6. The standard InChI is InChI=1S/C27H29N5O3/c1-5-27(6-2,25(33)34-4)20-12-14-21(15-13-20)28-26-29-22(19-10-8-7-9-11-19)17-23(31-26)30-24-16-18(3)35-32-24/h7-17H,5-6H2,1-4H3,(H2,28,29,30,31,32). The van der Waals surface area contributed by atoms with Gasteiger partial charge in [-0.2, -0.15) is 4.98 Å². The van der Waals surface area contributed by atoms with E-state index in [1.807, 2.05) is 81.4 Å². The lowest BCUT2D eigenvalue weighted by molar-refractivity contribution is -0.148. The Kier molecular flexibility index (Phi) is 7.10. The summed E-state index contributed by atoms with van der Waals surface area (Å²) in [5.41, 5.74) is 2.77. The van der Waals surface area contributed by atoms with Crippen molar-refractivity contribution in [1.29, 1.82) is 0 Å². The fourth-order valence-electron chi connectivity index (χ4n) is 4.14. The van der Waals surface area contributed by atoms with Crippen LogP contribution in [-0.2, 0) is 14.9 Å². The van der Waals surface area contributed by atoms with Crippen LogP contribution >= 0.6 is 0 Å². The molecule has 0 spiro atoms. The van der Waals surface area contributed by atoms with Gasteiger partial charge >= 0.3 is 5.97 Å². The highest BCUT2D eigenvalue weighted by Gasteiger charge is 2.37. The van der Waals surface area contributed by atoms with Gasteiger partial charge in [0.25, 0.3) is 0 Å². The van der Waals surface area contributed by atoms with E-state index in [4.69, 9.17) is 14.2 Å². The lowest BCUT2D eigenvalue weighted by Crippen LogP contribution is -2.35. The Morgan fingerprint density at radius 3 is 2.26 bits per heavy atom. The molecule has 180 valence electrons. The molecule has 0 aliphatic carbocycles. The summed E-state index contributed by atoms with van der Waals surface area (Å²) in [7, 11) is 1.43. The first-order chi connectivity index (χ1) is 17.0. The number of aromatic nitrogens is 3. The predicted molar refractivity (Wildman–Crippen MR) is 136 cm³/mol. The maximum Gasteiger partial charge on any atom is 0.316 e. The van der Waals surface area contributed by atoms with E-state index in [1.165, 1.54) is 7.11 Å². The van der Waals surface area contributed by atoms with Gasteiger partial charge in [-0.15, -0.1) is 0 Å². The van der Waals surface area contributed by atoms with Crippen LogP contribution in [0, 0.1) is 6.92 Å². The van der Waals surface area contributed by atoms with Crippen LogP contribution in [0.15, 0.2) is 71.3 Å². The van der Waals surface area contributed by atoms with E-state index in [1.54, 1.807) is 6.07 Å². The van der Waals surface area contributed by atoms with Crippen LogP contribution in [0.5, 0.6) is 0 Å². The molecular formula is C27H29N5O3. The van der Waals surface area contributed by atoms with Crippen molar-refractivity contribution in [1.82, 2.24) is 15.1 Å². The van der Waals surface area contributed by atoms with Gasteiger partial charge in [-0.05, 0) is 37.5 Å². The Hall–Kier alpha value is -4.20. The van der Waals surface area contributed by atoms with Crippen LogP contribution in [0.25, 0.3) is 11.3 Å². The lowest BCUT2D eigenvalue weighted by atomic mass is 9.76. The zero-order valence-corrected chi connectivity index (χ0v) is 20.3. The fourth-order valence-corrected chi connectivity index (χ4v) is 4.14. The van der Waals surface area contributed by atoms with Crippen molar-refractivity contribution in [3.63, 3.8) is 0 Å². The third-order valence-electron chi connectivity index (χ3n) is 6.16. The number of nitrogens with one attached hydrogen (secondary N) is 2. The number of esters is 1. The van der Waals surface area contributed by atoms with E-state index in [0.29, 0.717) is 36.2 Å². The molecule has 35 heavy (non-hydrogen) atoms. The van der Waals surface area contributed by atoms with Gasteiger partial charge in [0.05, 0.1) is 18.2 Å². The fraction of sp³-hybridized carbons (Fsp3) is 0.259. The van der Waals surface area contributed by atoms with Crippen LogP contribution in [0.3, 0.4) is 0 Å². The second-order valence-corrected chi connectivity index (χ2v) is 8.26. The molecule has 2 aromatic carbocycles. The number of anilines is 4. The topological polar surface area (TPSA) is 102 Å². The summed E-state index contributed by atoms with van der Waals surface area (Å²) in [6, 6.07) is 21.3. The molecule has 0 unspecified atom stereocenters. The average molecular weight is 472 g/mol. The summed E-state index contributed by atoms with van der Waals surface area (Å²) in [5, 5.41) is 10.5. The highest BCUT2D eigenvalue weighted by atomic mass is 16.5. The van der Waals surface area contributed by atoms with Crippen molar-refractivity contribution >= 4 is 29.2 Å². The minimum atomic E-state index is -0.663. The predicted octanol–water partition coefficient (Wildman–Crippen LogP) is 6.16. The number of aryl methyl sites for hydroxylation is 1. The summed E-state index contributed by atoms with van der Waals surface area (Å²) in [6.45, 7) is 5.83. The molecule has 0 bridgehead atoms. The van der Waals surface area contributed by atoms with Crippen molar-refractivity contribution in [3.8, 4) is 11.3 Å². The van der Waals surface area contributed by atoms with Gasteiger partial charge < -0.3 is 19.9 Å². The molecule has 0 radical (unpaired) electrons. The van der Waals surface area contributed by atoms with Crippen LogP contribution < -0.4 is 10.6 Å². The number of carbonyl (C=O) groups excluding carboxylic acids is 1. The molecule has 0 saturated heterocycles. The van der Waals surface area contributed by atoms with Crippen LogP contribution in [-0.4, -0.2) is 28.2 Å². The van der Waals surface area contributed by atoms with E-state index >= 15 is 0 Å². The van der Waals surface area contributed by atoms with Crippen LogP contribution in [0.4, 0.5) is 23.3 Å². The molecule has 2 heterocycles. The number of carbonyl (C=O) groups is 1. The molecule has 0 amide bonds. The second kappa shape index (κ2) is 10.4. The summed E-state index contributed by atoms with van der Waals surface area (Å²) in [6.07, 6.45) is 1.31. The highest BCUT2D eigenvalue weighted by molar-refractivity contribution is 5.83. The van der Waals surface area contributed by atoms with E-state index in [2.05, 4.69) is 20.8 Å².